The minimum absolute atomic E-state index is 0.285. The molecule has 1 aromatic rings. The molecule has 1 fully saturated rings. The molecule has 1 aromatic heterocycles. The number of rotatable bonds is 3. The van der Waals surface area contributed by atoms with E-state index in [-0.39, 0.29) is 5.41 Å². The van der Waals surface area contributed by atoms with Crippen LogP contribution >= 0.6 is 0 Å². The fourth-order valence-corrected chi connectivity index (χ4v) is 2.22. The molecule has 1 aliphatic carbocycles. The van der Waals surface area contributed by atoms with Crippen LogP contribution in [0, 0.1) is 0 Å². The second-order valence-corrected chi connectivity index (χ2v) is 4.23. The van der Waals surface area contributed by atoms with E-state index < -0.39 is 0 Å². The molecule has 2 N–H and O–H groups in total. The van der Waals surface area contributed by atoms with Gasteiger partial charge >= 0.3 is 0 Å². The SMILES string of the molecule is CCc1cc(C2(CN)CCC2)ccn1. The summed E-state index contributed by atoms with van der Waals surface area (Å²) < 4.78 is 0. The summed E-state index contributed by atoms with van der Waals surface area (Å²) in [7, 11) is 0. The number of pyridine rings is 1. The van der Waals surface area contributed by atoms with Crippen molar-refractivity contribution in [2.45, 2.75) is 38.0 Å². The van der Waals surface area contributed by atoms with Crippen molar-refractivity contribution in [1.82, 2.24) is 4.98 Å². The summed E-state index contributed by atoms with van der Waals surface area (Å²) >= 11 is 0. The third-order valence-electron chi connectivity index (χ3n) is 3.49. The summed E-state index contributed by atoms with van der Waals surface area (Å²) in [6, 6.07) is 4.36. The average molecular weight is 190 g/mol. The van der Waals surface area contributed by atoms with Crippen molar-refractivity contribution in [3.63, 3.8) is 0 Å². The Morgan fingerprint density at radius 2 is 2.29 bits per heavy atom. The molecule has 14 heavy (non-hydrogen) atoms. The van der Waals surface area contributed by atoms with E-state index in [0.717, 1.165) is 13.0 Å². The molecule has 0 unspecified atom stereocenters. The van der Waals surface area contributed by atoms with Crippen molar-refractivity contribution in [3.8, 4) is 0 Å². The van der Waals surface area contributed by atoms with Gasteiger partial charge in [0.2, 0.25) is 0 Å². The Hall–Kier alpha value is -0.890. The Labute approximate surface area is 85.5 Å². The molecule has 0 atom stereocenters. The molecule has 1 heterocycles. The van der Waals surface area contributed by atoms with E-state index in [9.17, 15) is 0 Å². The van der Waals surface area contributed by atoms with E-state index in [4.69, 9.17) is 5.73 Å². The highest BCUT2D eigenvalue weighted by Gasteiger charge is 2.37. The van der Waals surface area contributed by atoms with Crippen molar-refractivity contribution in [1.29, 1.82) is 0 Å². The monoisotopic (exact) mass is 190 g/mol. The quantitative estimate of drug-likeness (QED) is 0.792. The van der Waals surface area contributed by atoms with Crippen LogP contribution in [0.4, 0.5) is 0 Å². The Balaban J connectivity index is 2.30. The molecular formula is C12H18N2. The van der Waals surface area contributed by atoms with E-state index >= 15 is 0 Å². The molecule has 0 radical (unpaired) electrons. The van der Waals surface area contributed by atoms with Crippen molar-refractivity contribution in [3.05, 3.63) is 29.6 Å². The predicted molar refractivity (Wildman–Crippen MR) is 58.2 cm³/mol. The lowest BCUT2D eigenvalue weighted by atomic mass is 9.64. The number of hydrogen-bond acceptors (Lipinski definition) is 2. The van der Waals surface area contributed by atoms with Gasteiger partial charge in [-0.2, -0.15) is 0 Å². The third-order valence-corrected chi connectivity index (χ3v) is 3.49. The van der Waals surface area contributed by atoms with Gasteiger partial charge in [0, 0.05) is 23.9 Å². The minimum atomic E-state index is 0.285. The molecule has 0 bridgehead atoms. The molecule has 0 saturated heterocycles. The summed E-state index contributed by atoms with van der Waals surface area (Å²) in [6.45, 7) is 2.92. The molecule has 2 nitrogen and oxygen atoms in total. The Morgan fingerprint density at radius 1 is 1.50 bits per heavy atom. The molecule has 0 aromatic carbocycles. The number of nitrogens with two attached hydrogens (primary N) is 1. The van der Waals surface area contributed by atoms with Gasteiger partial charge in [0.25, 0.3) is 0 Å². The van der Waals surface area contributed by atoms with Crippen LogP contribution in [0.15, 0.2) is 18.3 Å². The molecule has 1 saturated carbocycles. The van der Waals surface area contributed by atoms with Gasteiger partial charge in [-0.05, 0) is 37.0 Å². The Bertz CT molecular complexity index is 310. The van der Waals surface area contributed by atoms with Gasteiger partial charge in [-0.1, -0.05) is 13.3 Å². The van der Waals surface area contributed by atoms with Gasteiger partial charge in [-0.3, -0.25) is 4.98 Å². The Kier molecular flexibility index (Phi) is 2.55. The zero-order chi connectivity index (χ0) is 10.0. The standard InChI is InChI=1S/C12H18N2/c1-2-11-8-10(4-7-14-11)12(9-13)5-3-6-12/h4,7-8H,2-3,5-6,9,13H2,1H3. The first-order valence-electron chi connectivity index (χ1n) is 5.46. The highest BCUT2D eigenvalue weighted by molar-refractivity contribution is 5.29. The Morgan fingerprint density at radius 3 is 2.79 bits per heavy atom. The molecule has 0 amide bonds. The third kappa shape index (κ3) is 1.44. The highest BCUT2D eigenvalue weighted by Crippen LogP contribution is 2.42. The first-order chi connectivity index (χ1) is 6.80. The number of aryl methyl sites for hydroxylation is 1. The number of aromatic nitrogens is 1. The highest BCUT2D eigenvalue weighted by atomic mass is 14.7. The summed E-state index contributed by atoms with van der Waals surface area (Å²) in [5, 5.41) is 0. The van der Waals surface area contributed by atoms with Crippen LogP contribution in [-0.4, -0.2) is 11.5 Å². The second kappa shape index (κ2) is 3.70. The molecule has 76 valence electrons. The van der Waals surface area contributed by atoms with E-state index in [1.807, 2.05) is 6.20 Å². The minimum Gasteiger partial charge on any atom is -0.330 e. The lowest BCUT2D eigenvalue weighted by molar-refractivity contribution is 0.252. The topological polar surface area (TPSA) is 38.9 Å². The second-order valence-electron chi connectivity index (χ2n) is 4.23. The number of nitrogens with zero attached hydrogens (tertiary/aromatic N) is 1. The van der Waals surface area contributed by atoms with Crippen LogP contribution in [0.5, 0.6) is 0 Å². The average Bonchev–Trinajstić information content (AvgIpc) is 2.18. The number of hydrogen-bond donors (Lipinski definition) is 1. The maximum absolute atomic E-state index is 5.87. The van der Waals surface area contributed by atoms with Gasteiger partial charge < -0.3 is 5.73 Å². The van der Waals surface area contributed by atoms with E-state index in [1.165, 1.54) is 30.5 Å². The van der Waals surface area contributed by atoms with Crippen LogP contribution in [0.3, 0.4) is 0 Å². The van der Waals surface area contributed by atoms with E-state index in [0.29, 0.717) is 0 Å². The fourth-order valence-electron chi connectivity index (χ4n) is 2.22. The zero-order valence-corrected chi connectivity index (χ0v) is 8.79. The molecule has 2 rings (SSSR count). The maximum atomic E-state index is 5.87. The van der Waals surface area contributed by atoms with Crippen LogP contribution in [-0.2, 0) is 11.8 Å². The molecule has 2 heteroatoms. The fraction of sp³-hybridized carbons (Fsp3) is 0.583. The van der Waals surface area contributed by atoms with E-state index in [1.54, 1.807) is 0 Å². The molecule has 1 aliphatic rings. The molecule has 0 aliphatic heterocycles. The molecular weight excluding hydrogens is 172 g/mol. The lowest BCUT2D eigenvalue weighted by Crippen LogP contribution is -2.41. The summed E-state index contributed by atoms with van der Waals surface area (Å²) in [5.41, 5.74) is 8.74. The predicted octanol–water partition coefficient (Wildman–Crippen LogP) is 2.02. The summed E-state index contributed by atoms with van der Waals surface area (Å²) in [6.07, 6.45) is 6.74. The maximum Gasteiger partial charge on any atom is 0.0403 e. The first-order valence-corrected chi connectivity index (χ1v) is 5.46. The van der Waals surface area contributed by atoms with Crippen LogP contribution in [0.25, 0.3) is 0 Å². The van der Waals surface area contributed by atoms with Gasteiger partial charge in [-0.25, -0.2) is 0 Å². The van der Waals surface area contributed by atoms with Crippen LogP contribution in [0.2, 0.25) is 0 Å². The smallest absolute Gasteiger partial charge is 0.0403 e. The zero-order valence-electron chi connectivity index (χ0n) is 8.79. The van der Waals surface area contributed by atoms with Gasteiger partial charge in [0.15, 0.2) is 0 Å². The first kappa shape index (κ1) is 9.66. The van der Waals surface area contributed by atoms with Gasteiger partial charge in [0.1, 0.15) is 0 Å². The van der Waals surface area contributed by atoms with Crippen molar-refractivity contribution in [2.75, 3.05) is 6.54 Å². The van der Waals surface area contributed by atoms with Crippen molar-refractivity contribution >= 4 is 0 Å². The largest absolute Gasteiger partial charge is 0.330 e. The summed E-state index contributed by atoms with van der Waals surface area (Å²) in [5.74, 6) is 0. The van der Waals surface area contributed by atoms with E-state index in [2.05, 4.69) is 24.0 Å². The molecule has 0 spiro atoms. The lowest BCUT2D eigenvalue weighted by Gasteiger charge is -2.41. The van der Waals surface area contributed by atoms with Gasteiger partial charge in [0.05, 0.1) is 0 Å². The van der Waals surface area contributed by atoms with Crippen molar-refractivity contribution < 1.29 is 0 Å². The van der Waals surface area contributed by atoms with Crippen LogP contribution in [0.1, 0.15) is 37.4 Å². The normalized spacial score (nSPS) is 19.0. The van der Waals surface area contributed by atoms with Crippen LogP contribution < -0.4 is 5.73 Å². The summed E-state index contributed by atoms with van der Waals surface area (Å²) in [4.78, 5) is 4.32. The van der Waals surface area contributed by atoms with Crippen molar-refractivity contribution in [2.24, 2.45) is 5.73 Å². The van der Waals surface area contributed by atoms with Gasteiger partial charge in [-0.15, -0.1) is 0 Å².